The first-order chi connectivity index (χ1) is 14.7. The Morgan fingerprint density at radius 2 is 1.80 bits per heavy atom. The number of rotatable bonds is 7. The van der Waals surface area contributed by atoms with E-state index < -0.39 is 6.10 Å². The zero-order chi connectivity index (χ0) is 20.9. The van der Waals surface area contributed by atoms with Gasteiger partial charge in [0.1, 0.15) is 16.5 Å². The lowest BCUT2D eigenvalue weighted by Gasteiger charge is -2.17. The summed E-state index contributed by atoms with van der Waals surface area (Å²) in [7, 11) is 1.62. The number of ether oxygens (including phenoxy) is 2. The number of benzene rings is 3. The zero-order valence-corrected chi connectivity index (χ0v) is 17.5. The molecule has 30 heavy (non-hydrogen) atoms. The van der Waals surface area contributed by atoms with Crippen LogP contribution in [0.25, 0.3) is 21.3 Å². The Morgan fingerprint density at radius 3 is 2.57 bits per heavy atom. The lowest BCUT2D eigenvalue weighted by atomic mass is 10.1. The molecule has 0 aliphatic rings. The molecule has 0 aliphatic heterocycles. The second kappa shape index (κ2) is 8.92. The maximum Gasteiger partial charge on any atom is 0.267 e. The quantitative estimate of drug-likeness (QED) is 0.448. The van der Waals surface area contributed by atoms with E-state index in [1.165, 1.54) is 11.3 Å². The summed E-state index contributed by atoms with van der Waals surface area (Å²) in [4.78, 5) is 12.8. The molecule has 1 heterocycles. The second-order valence-electron chi connectivity index (χ2n) is 6.62. The predicted octanol–water partition coefficient (Wildman–Crippen LogP) is 5.16. The van der Waals surface area contributed by atoms with Gasteiger partial charge < -0.3 is 9.47 Å². The molecule has 0 saturated heterocycles. The van der Waals surface area contributed by atoms with E-state index in [4.69, 9.17) is 9.47 Å². The maximum atomic E-state index is 12.8. The number of fused-ring (bicyclic) bond motifs is 1. The minimum Gasteiger partial charge on any atom is -0.497 e. The van der Waals surface area contributed by atoms with Gasteiger partial charge in [-0.25, -0.2) is 0 Å². The summed E-state index contributed by atoms with van der Waals surface area (Å²) in [5, 5.41) is 14.3. The summed E-state index contributed by atoms with van der Waals surface area (Å²) in [6.07, 6.45) is -0.108. The molecule has 0 radical (unpaired) electrons. The third-order valence-corrected chi connectivity index (χ3v) is 5.56. The largest absolute Gasteiger partial charge is 0.497 e. The summed E-state index contributed by atoms with van der Waals surface area (Å²) in [5.74, 6) is 1.21. The van der Waals surface area contributed by atoms with Gasteiger partial charge in [-0.3, -0.25) is 10.1 Å². The third-order valence-electron chi connectivity index (χ3n) is 4.67. The van der Waals surface area contributed by atoms with Crippen molar-refractivity contribution in [2.24, 2.45) is 0 Å². The number of aromatic nitrogens is 2. The summed E-state index contributed by atoms with van der Waals surface area (Å²) in [6.45, 7) is 1.91. The molecule has 3 aromatic carbocycles. The minimum atomic E-state index is -0.635. The Morgan fingerprint density at radius 1 is 1.03 bits per heavy atom. The Hall–Kier alpha value is -3.45. The van der Waals surface area contributed by atoms with Crippen LogP contribution in [0.15, 0.2) is 66.7 Å². The van der Waals surface area contributed by atoms with Crippen LogP contribution in [0, 0.1) is 0 Å². The average Bonchev–Trinajstić information content (AvgIpc) is 3.26. The van der Waals surface area contributed by atoms with E-state index in [0.29, 0.717) is 17.3 Å². The van der Waals surface area contributed by atoms with Crippen LogP contribution < -0.4 is 14.8 Å². The molecule has 152 valence electrons. The molecule has 1 aromatic heterocycles. The second-order valence-corrected chi connectivity index (χ2v) is 7.60. The number of amides is 1. The topological polar surface area (TPSA) is 73.3 Å². The standard InChI is InChI=1S/C23H21N3O3S/c1-3-19(29-20-10-6-8-15-7-4-5-9-18(15)20)21(27)24-23-26-25-22(30-23)16-11-13-17(28-2)14-12-16/h4-14,19H,3H2,1-2H3,(H,24,26,27)/t19-/m0/s1. The van der Waals surface area contributed by atoms with Crippen molar-refractivity contribution in [2.45, 2.75) is 19.4 Å². The first kappa shape index (κ1) is 19.8. The Kier molecular flexibility index (Phi) is 5.90. The molecule has 0 fully saturated rings. The van der Waals surface area contributed by atoms with Crippen molar-refractivity contribution in [2.75, 3.05) is 12.4 Å². The lowest BCUT2D eigenvalue weighted by Crippen LogP contribution is -2.32. The van der Waals surface area contributed by atoms with Gasteiger partial charge >= 0.3 is 0 Å². The first-order valence-corrected chi connectivity index (χ1v) is 10.4. The molecule has 0 spiro atoms. The van der Waals surface area contributed by atoms with Crippen LogP contribution in [0.5, 0.6) is 11.5 Å². The van der Waals surface area contributed by atoms with Gasteiger partial charge in [0.25, 0.3) is 5.91 Å². The van der Waals surface area contributed by atoms with Crippen LogP contribution in [0.3, 0.4) is 0 Å². The van der Waals surface area contributed by atoms with Crippen molar-refractivity contribution >= 4 is 33.1 Å². The van der Waals surface area contributed by atoms with Crippen LogP contribution in [-0.2, 0) is 4.79 Å². The van der Waals surface area contributed by atoms with E-state index in [1.54, 1.807) is 7.11 Å². The summed E-state index contributed by atoms with van der Waals surface area (Å²) < 4.78 is 11.2. The van der Waals surface area contributed by atoms with Gasteiger partial charge in [0.05, 0.1) is 7.11 Å². The molecule has 7 heteroatoms. The molecule has 0 bridgehead atoms. The van der Waals surface area contributed by atoms with E-state index >= 15 is 0 Å². The lowest BCUT2D eigenvalue weighted by molar-refractivity contribution is -0.122. The molecule has 0 unspecified atom stereocenters. The van der Waals surface area contributed by atoms with Crippen LogP contribution in [0.2, 0.25) is 0 Å². The maximum absolute atomic E-state index is 12.8. The van der Waals surface area contributed by atoms with Crippen molar-refractivity contribution in [1.29, 1.82) is 0 Å². The number of nitrogens with one attached hydrogen (secondary N) is 1. The van der Waals surface area contributed by atoms with Gasteiger partial charge in [-0.15, -0.1) is 10.2 Å². The Labute approximate surface area is 178 Å². The van der Waals surface area contributed by atoms with Gasteiger partial charge in [-0.05, 0) is 42.1 Å². The highest BCUT2D eigenvalue weighted by Crippen LogP contribution is 2.29. The molecule has 4 aromatic rings. The van der Waals surface area contributed by atoms with Gasteiger partial charge in [-0.1, -0.05) is 54.7 Å². The van der Waals surface area contributed by atoms with E-state index in [9.17, 15) is 4.79 Å². The van der Waals surface area contributed by atoms with Crippen molar-refractivity contribution < 1.29 is 14.3 Å². The predicted molar refractivity (Wildman–Crippen MR) is 119 cm³/mol. The van der Waals surface area contributed by atoms with Crippen LogP contribution in [0.4, 0.5) is 5.13 Å². The number of hydrogen-bond donors (Lipinski definition) is 1. The molecular weight excluding hydrogens is 398 g/mol. The van der Waals surface area contributed by atoms with Crippen LogP contribution >= 0.6 is 11.3 Å². The van der Waals surface area contributed by atoms with Crippen molar-refractivity contribution in [3.63, 3.8) is 0 Å². The fourth-order valence-corrected chi connectivity index (χ4v) is 3.84. The number of carbonyl (C=O) groups excluding carboxylic acids is 1. The van der Waals surface area contributed by atoms with E-state index in [0.717, 1.165) is 27.1 Å². The third kappa shape index (κ3) is 4.26. The molecule has 1 N–H and O–H groups in total. The molecule has 6 nitrogen and oxygen atoms in total. The number of carbonyl (C=O) groups is 1. The Balaban J connectivity index is 1.47. The summed E-state index contributed by atoms with van der Waals surface area (Å²) >= 11 is 1.31. The molecule has 0 aliphatic carbocycles. The number of methoxy groups -OCH3 is 1. The van der Waals surface area contributed by atoms with Gasteiger partial charge in [-0.2, -0.15) is 0 Å². The minimum absolute atomic E-state index is 0.247. The normalized spacial score (nSPS) is 11.8. The van der Waals surface area contributed by atoms with Crippen LogP contribution in [-0.4, -0.2) is 29.3 Å². The molecule has 0 saturated carbocycles. The van der Waals surface area contributed by atoms with Crippen molar-refractivity contribution in [1.82, 2.24) is 10.2 Å². The van der Waals surface area contributed by atoms with E-state index in [1.807, 2.05) is 73.7 Å². The molecule has 4 rings (SSSR count). The molecular formula is C23H21N3O3S. The average molecular weight is 420 g/mol. The van der Waals surface area contributed by atoms with Gasteiger partial charge in [0, 0.05) is 10.9 Å². The summed E-state index contributed by atoms with van der Waals surface area (Å²) in [6, 6.07) is 21.3. The number of hydrogen-bond acceptors (Lipinski definition) is 6. The van der Waals surface area contributed by atoms with Gasteiger partial charge in [0.15, 0.2) is 6.10 Å². The highest BCUT2D eigenvalue weighted by molar-refractivity contribution is 7.18. The first-order valence-electron chi connectivity index (χ1n) is 9.61. The molecule has 1 atom stereocenters. The number of nitrogens with zero attached hydrogens (tertiary/aromatic N) is 2. The highest BCUT2D eigenvalue weighted by atomic mass is 32.1. The monoisotopic (exact) mass is 419 g/mol. The Bertz CT molecular complexity index is 1150. The fraction of sp³-hybridized carbons (Fsp3) is 0.174. The fourth-order valence-electron chi connectivity index (χ4n) is 3.08. The SMILES string of the molecule is CC[C@H](Oc1cccc2ccccc12)C(=O)Nc1nnc(-c2ccc(OC)cc2)s1. The highest BCUT2D eigenvalue weighted by Gasteiger charge is 2.21. The van der Waals surface area contributed by atoms with Crippen molar-refractivity contribution in [3.8, 4) is 22.1 Å². The zero-order valence-electron chi connectivity index (χ0n) is 16.7. The summed E-state index contributed by atoms with van der Waals surface area (Å²) in [5.41, 5.74) is 0.910. The number of anilines is 1. The van der Waals surface area contributed by atoms with Gasteiger partial charge in [0.2, 0.25) is 5.13 Å². The van der Waals surface area contributed by atoms with Crippen molar-refractivity contribution in [3.05, 3.63) is 66.7 Å². The smallest absolute Gasteiger partial charge is 0.267 e. The van der Waals surface area contributed by atoms with E-state index in [-0.39, 0.29) is 5.91 Å². The van der Waals surface area contributed by atoms with E-state index in [2.05, 4.69) is 15.5 Å². The van der Waals surface area contributed by atoms with Crippen LogP contribution in [0.1, 0.15) is 13.3 Å². The molecule has 1 amide bonds.